The van der Waals surface area contributed by atoms with E-state index < -0.39 is 0 Å². The fourth-order valence-electron chi connectivity index (χ4n) is 1.56. The van der Waals surface area contributed by atoms with Gasteiger partial charge in [0.05, 0.1) is 0 Å². The molecule has 96 valence electrons. The summed E-state index contributed by atoms with van der Waals surface area (Å²) in [6, 6.07) is 8.28. The minimum absolute atomic E-state index is 0.293. The van der Waals surface area contributed by atoms with Crippen molar-refractivity contribution in [3.8, 4) is 5.75 Å². The first kappa shape index (κ1) is 12.6. The molecule has 1 unspecified atom stereocenters. The Hall–Kier alpha value is -1.88. The smallest absolute Gasteiger partial charge is 0.264 e. The van der Waals surface area contributed by atoms with Gasteiger partial charge in [-0.3, -0.25) is 0 Å². The Labute approximate surface area is 106 Å². The van der Waals surface area contributed by atoms with Crippen molar-refractivity contribution in [2.75, 3.05) is 7.05 Å². The molecule has 0 fully saturated rings. The third-order valence-electron chi connectivity index (χ3n) is 2.75. The number of nitrogens with one attached hydrogen (secondary N) is 1. The third-order valence-corrected chi connectivity index (χ3v) is 2.75. The summed E-state index contributed by atoms with van der Waals surface area (Å²) >= 11 is 0. The van der Waals surface area contributed by atoms with Crippen LogP contribution in [0.4, 0.5) is 0 Å². The quantitative estimate of drug-likeness (QED) is 0.878. The summed E-state index contributed by atoms with van der Waals surface area (Å²) in [5, 5.41) is 6.89. The first-order valence-corrected chi connectivity index (χ1v) is 5.88. The van der Waals surface area contributed by atoms with Gasteiger partial charge in [-0.25, -0.2) is 0 Å². The number of aromatic nitrogens is 2. The Morgan fingerprint density at radius 1 is 1.33 bits per heavy atom. The molecule has 18 heavy (non-hydrogen) atoms. The van der Waals surface area contributed by atoms with E-state index in [1.165, 1.54) is 5.56 Å². The van der Waals surface area contributed by atoms with Crippen molar-refractivity contribution in [1.82, 2.24) is 15.5 Å². The molecule has 1 N–H and O–H groups in total. The molecule has 0 saturated heterocycles. The zero-order valence-corrected chi connectivity index (χ0v) is 10.8. The molecule has 2 aromatic rings. The average Bonchev–Trinajstić information content (AvgIpc) is 2.82. The molecule has 0 amide bonds. The van der Waals surface area contributed by atoms with Crippen LogP contribution in [0, 0.1) is 6.92 Å². The first-order valence-electron chi connectivity index (χ1n) is 5.88. The zero-order chi connectivity index (χ0) is 13.0. The average molecular weight is 247 g/mol. The minimum atomic E-state index is 0.293. The fraction of sp³-hybridized carbons (Fsp3) is 0.385. The van der Waals surface area contributed by atoms with Crippen molar-refractivity contribution < 1.29 is 9.26 Å². The maximum absolute atomic E-state index is 5.56. The van der Waals surface area contributed by atoms with Crippen molar-refractivity contribution in [3.05, 3.63) is 41.5 Å². The van der Waals surface area contributed by atoms with E-state index in [4.69, 9.17) is 9.26 Å². The molecule has 2 rings (SSSR count). The van der Waals surface area contributed by atoms with Crippen LogP contribution >= 0.6 is 0 Å². The first-order chi connectivity index (χ1) is 8.69. The Kier molecular flexibility index (Phi) is 3.94. The molecule has 1 heterocycles. The van der Waals surface area contributed by atoms with Crippen LogP contribution in [0.5, 0.6) is 5.75 Å². The Balaban J connectivity index is 1.94. The van der Waals surface area contributed by atoms with Gasteiger partial charge in [0.15, 0.2) is 12.4 Å². The third kappa shape index (κ3) is 3.07. The molecular formula is C13H17N3O2. The number of nitrogens with zero attached hydrogens (tertiary/aromatic N) is 2. The van der Waals surface area contributed by atoms with Gasteiger partial charge in [0.1, 0.15) is 5.75 Å². The lowest BCUT2D eigenvalue weighted by molar-refractivity contribution is 0.242. The lowest BCUT2D eigenvalue weighted by Gasteiger charge is -2.11. The molecule has 0 aliphatic rings. The lowest BCUT2D eigenvalue weighted by Crippen LogP contribution is -2.11. The lowest BCUT2D eigenvalue weighted by atomic mass is 10.1. The van der Waals surface area contributed by atoms with Crippen LogP contribution in [0.25, 0.3) is 0 Å². The molecule has 0 aliphatic carbocycles. The standard InChI is InChI=1S/C13H17N3O2/c1-9(14-3)11-4-6-12(7-5-11)17-8-13-15-10(2)16-18-13/h4-7,9,14H,8H2,1-3H3. The van der Waals surface area contributed by atoms with E-state index in [1.807, 2.05) is 31.3 Å². The number of aryl methyl sites for hydroxylation is 1. The topological polar surface area (TPSA) is 60.2 Å². The second-order valence-corrected chi connectivity index (χ2v) is 4.10. The van der Waals surface area contributed by atoms with Gasteiger partial charge in [0, 0.05) is 6.04 Å². The van der Waals surface area contributed by atoms with Crippen LogP contribution in [0.1, 0.15) is 30.2 Å². The number of benzene rings is 1. The summed E-state index contributed by atoms with van der Waals surface area (Å²) in [4.78, 5) is 4.07. The Bertz CT molecular complexity index is 493. The van der Waals surface area contributed by atoms with Crippen molar-refractivity contribution >= 4 is 0 Å². The predicted octanol–water partition coefficient (Wildman–Crippen LogP) is 2.24. The van der Waals surface area contributed by atoms with Crippen LogP contribution < -0.4 is 10.1 Å². The van der Waals surface area contributed by atoms with Gasteiger partial charge in [0.25, 0.3) is 5.89 Å². The minimum Gasteiger partial charge on any atom is -0.484 e. The second-order valence-electron chi connectivity index (χ2n) is 4.10. The molecular weight excluding hydrogens is 230 g/mol. The Morgan fingerprint density at radius 3 is 2.61 bits per heavy atom. The van der Waals surface area contributed by atoms with Crippen LogP contribution in [0.15, 0.2) is 28.8 Å². The van der Waals surface area contributed by atoms with E-state index >= 15 is 0 Å². The molecule has 5 heteroatoms. The van der Waals surface area contributed by atoms with Crippen LogP contribution in [0.3, 0.4) is 0 Å². The van der Waals surface area contributed by atoms with Gasteiger partial charge in [-0.1, -0.05) is 17.3 Å². The van der Waals surface area contributed by atoms with E-state index in [2.05, 4.69) is 22.4 Å². The highest BCUT2D eigenvalue weighted by Crippen LogP contribution is 2.18. The van der Waals surface area contributed by atoms with Gasteiger partial charge >= 0.3 is 0 Å². The van der Waals surface area contributed by atoms with Crippen LogP contribution in [-0.2, 0) is 6.61 Å². The molecule has 0 bridgehead atoms. The number of ether oxygens (including phenoxy) is 1. The predicted molar refractivity (Wildman–Crippen MR) is 67.3 cm³/mol. The normalized spacial score (nSPS) is 12.4. The summed E-state index contributed by atoms with van der Waals surface area (Å²) < 4.78 is 10.5. The molecule has 0 spiro atoms. The summed E-state index contributed by atoms with van der Waals surface area (Å²) in [6.45, 7) is 4.18. The molecule has 1 atom stereocenters. The van der Waals surface area contributed by atoms with Crippen LogP contribution in [-0.4, -0.2) is 17.2 Å². The molecule has 0 saturated carbocycles. The van der Waals surface area contributed by atoms with E-state index in [9.17, 15) is 0 Å². The van der Waals surface area contributed by atoms with Crippen molar-refractivity contribution in [3.63, 3.8) is 0 Å². The van der Waals surface area contributed by atoms with Gasteiger partial charge in [-0.05, 0) is 38.6 Å². The molecule has 0 radical (unpaired) electrons. The fourth-order valence-corrected chi connectivity index (χ4v) is 1.56. The SMILES string of the molecule is CNC(C)c1ccc(OCc2nc(C)no2)cc1. The summed E-state index contributed by atoms with van der Waals surface area (Å²) in [7, 11) is 1.94. The van der Waals surface area contributed by atoms with Gasteiger partial charge in [-0.15, -0.1) is 0 Å². The molecule has 1 aromatic heterocycles. The summed E-state index contributed by atoms with van der Waals surface area (Å²) in [5.41, 5.74) is 1.22. The highest BCUT2D eigenvalue weighted by molar-refractivity contribution is 5.28. The van der Waals surface area contributed by atoms with E-state index in [-0.39, 0.29) is 0 Å². The second kappa shape index (κ2) is 5.64. The van der Waals surface area contributed by atoms with E-state index in [0.717, 1.165) is 5.75 Å². The maximum Gasteiger partial charge on any atom is 0.264 e. The largest absolute Gasteiger partial charge is 0.484 e. The molecule has 1 aromatic carbocycles. The molecule has 0 aliphatic heterocycles. The van der Waals surface area contributed by atoms with Gasteiger partial charge < -0.3 is 14.6 Å². The van der Waals surface area contributed by atoms with E-state index in [1.54, 1.807) is 6.92 Å². The number of hydrogen-bond acceptors (Lipinski definition) is 5. The number of rotatable bonds is 5. The zero-order valence-electron chi connectivity index (χ0n) is 10.8. The van der Waals surface area contributed by atoms with Crippen molar-refractivity contribution in [2.24, 2.45) is 0 Å². The molecule has 5 nitrogen and oxygen atoms in total. The monoisotopic (exact) mass is 247 g/mol. The Morgan fingerprint density at radius 2 is 2.06 bits per heavy atom. The van der Waals surface area contributed by atoms with Gasteiger partial charge in [0.2, 0.25) is 0 Å². The van der Waals surface area contributed by atoms with E-state index in [0.29, 0.717) is 24.4 Å². The number of hydrogen-bond donors (Lipinski definition) is 1. The van der Waals surface area contributed by atoms with Gasteiger partial charge in [-0.2, -0.15) is 4.98 Å². The highest BCUT2D eigenvalue weighted by atomic mass is 16.5. The maximum atomic E-state index is 5.56. The summed E-state index contributed by atoms with van der Waals surface area (Å²) in [5.74, 6) is 1.89. The highest BCUT2D eigenvalue weighted by Gasteiger charge is 2.05. The van der Waals surface area contributed by atoms with Crippen molar-refractivity contribution in [1.29, 1.82) is 0 Å². The summed E-state index contributed by atoms with van der Waals surface area (Å²) in [6.07, 6.45) is 0. The van der Waals surface area contributed by atoms with Crippen LogP contribution in [0.2, 0.25) is 0 Å². The van der Waals surface area contributed by atoms with Crippen molar-refractivity contribution in [2.45, 2.75) is 26.5 Å².